The molecule has 0 bridgehead atoms. The van der Waals surface area contributed by atoms with Crippen LogP contribution in [0.25, 0.3) is 16.8 Å². The van der Waals surface area contributed by atoms with E-state index >= 15 is 0 Å². The Morgan fingerprint density at radius 2 is 2.12 bits per heavy atom. The largest absolute Gasteiger partial charge is 0.388 e. The lowest BCUT2D eigenvalue weighted by Gasteiger charge is -2.16. The fourth-order valence-electron chi connectivity index (χ4n) is 3.65. The van der Waals surface area contributed by atoms with Gasteiger partial charge in [0.05, 0.1) is 17.0 Å². The molecule has 2 aliphatic carbocycles. The Bertz CT molecular complexity index is 974. The van der Waals surface area contributed by atoms with Gasteiger partial charge in [0.2, 0.25) is 0 Å². The monoisotopic (exact) mass is 349 g/mol. The smallest absolute Gasteiger partial charge is 0.141 e. The maximum atomic E-state index is 14.1. The van der Waals surface area contributed by atoms with Gasteiger partial charge in [-0.3, -0.25) is 0 Å². The Morgan fingerprint density at radius 3 is 2.69 bits per heavy atom. The molecule has 4 nitrogen and oxygen atoms in total. The lowest BCUT2D eigenvalue weighted by atomic mass is 9.92. The molecule has 1 aromatic carbocycles. The lowest BCUT2D eigenvalue weighted by molar-refractivity contribution is 0.267. The number of aliphatic hydroxyl groups excluding tert-OH is 1. The van der Waals surface area contributed by atoms with E-state index < -0.39 is 5.82 Å². The van der Waals surface area contributed by atoms with E-state index in [0.717, 1.165) is 30.0 Å². The minimum absolute atomic E-state index is 0.0162. The molecule has 0 unspecified atom stereocenters. The first-order chi connectivity index (χ1) is 12.6. The summed E-state index contributed by atoms with van der Waals surface area (Å²) in [6.45, 7) is -0.182. The van der Waals surface area contributed by atoms with E-state index in [1.54, 1.807) is 6.07 Å². The first-order valence-corrected chi connectivity index (χ1v) is 8.89. The molecule has 5 heteroatoms. The maximum absolute atomic E-state index is 14.1. The van der Waals surface area contributed by atoms with Gasteiger partial charge in [-0.05, 0) is 49.3 Å². The number of aromatic nitrogens is 2. The number of nitrogens with zero attached hydrogens (tertiary/aromatic N) is 3. The standard InChI is InChI=1S/C21H20FN3O/c1-25-19(12-26)24-20(16-8-9-17(11-23)18(22)10-16)21(25)15-6-4-14(5-7-15)13-2-3-13/h4,6,8-10,13,26H,2-3,5,7,12H2,1H3. The van der Waals surface area contributed by atoms with Gasteiger partial charge in [-0.25, -0.2) is 9.37 Å². The van der Waals surface area contributed by atoms with Crippen molar-refractivity contribution in [3.8, 4) is 17.3 Å². The average molecular weight is 349 g/mol. The summed E-state index contributed by atoms with van der Waals surface area (Å²) in [7, 11) is 1.87. The minimum Gasteiger partial charge on any atom is -0.388 e. The highest BCUT2D eigenvalue weighted by molar-refractivity contribution is 5.79. The van der Waals surface area contributed by atoms with Crippen LogP contribution in [-0.2, 0) is 13.7 Å². The molecule has 1 aromatic heterocycles. The molecule has 0 radical (unpaired) electrons. The topological polar surface area (TPSA) is 61.8 Å². The number of allylic oxidation sites excluding steroid dienone is 4. The molecule has 2 aliphatic rings. The zero-order valence-corrected chi connectivity index (χ0v) is 14.7. The second kappa shape index (κ2) is 6.54. The maximum Gasteiger partial charge on any atom is 0.141 e. The van der Waals surface area contributed by atoms with Gasteiger partial charge in [0, 0.05) is 12.6 Å². The van der Waals surface area contributed by atoms with Crippen molar-refractivity contribution in [3.63, 3.8) is 0 Å². The van der Waals surface area contributed by atoms with Crippen molar-refractivity contribution in [1.82, 2.24) is 9.55 Å². The Balaban J connectivity index is 1.81. The van der Waals surface area contributed by atoms with Crippen molar-refractivity contribution in [2.75, 3.05) is 0 Å². The van der Waals surface area contributed by atoms with Gasteiger partial charge in [0.25, 0.3) is 0 Å². The molecular weight excluding hydrogens is 329 g/mol. The second-order valence-corrected chi connectivity index (χ2v) is 6.96. The van der Waals surface area contributed by atoms with E-state index in [0.29, 0.717) is 17.1 Å². The number of hydrogen-bond donors (Lipinski definition) is 1. The van der Waals surface area contributed by atoms with Crippen LogP contribution in [0.1, 0.15) is 42.8 Å². The predicted molar refractivity (Wildman–Crippen MR) is 97.3 cm³/mol. The molecule has 1 heterocycles. The average Bonchev–Trinajstić information content (AvgIpc) is 3.45. The first kappa shape index (κ1) is 16.7. The Hall–Kier alpha value is -2.71. The summed E-state index contributed by atoms with van der Waals surface area (Å²) in [4.78, 5) is 4.54. The summed E-state index contributed by atoms with van der Waals surface area (Å²) in [6.07, 6.45) is 8.90. The zero-order chi connectivity index (χ0) is 18.3. The molecule has 0 atom stereocenters. The Kier molecular flexibility index (Phi) is 4.21. The summed E-state index contributed by atoms with van der Waals surface area (Å²) >= 11 is 0. The molecule has 132 valence electrons. The molecule has 1 saturated carbocycles. The number of imidazole rings is 1. The van der Waals surface area contributed by atoms with Crippen LogP contribution in [-0.4, -0.2) is 14.7 Å². The van der Waals surface area contributed by atoms with Gasteiger partial charge < -0.3 is 9.67 Å². The van der Waals surface area contributed by atoms with Crippen molar-refractivity contribution >= 4 is 5.57 Å². The molecule has 26 heavy (non-hydrogen) atoms. The van der Waals surface area contributed by atoms with Crippen molar-refractivity contribution in [2.45, 2.75) is 32.3 Å². The van der Waals surface area contributed by atoms with E-state index in [4.69, 9.17) is 5.26 Å². The third-order valence-corrected chi connectivity index (χ3v) is 5.28. The van der Waals surface area contributed by atoms with E-state index in [-0.39, 0.29) is 12.2 Å². The molecular formula is C21H20FN3O. The van der Waals surface area contributed by atoms with Gasteiger partial charge in [-0.15, -0.1) is 0 Å². The number of halogens is 1. The third-order valence-electron chi connectivity index (χ3n) is 5.28. The number of hydrogen-bond acceptors (Lipinski definition) is 3. The van der Waals surface area contributed by atoms with Gasteiger partial charge in [0.15, 0.2) is 0 Å². The van der Waals surface area contributed by atoms with Crippen LogP contribution in [0.2, 0.25) is 0 Å². The summed E-state index contributed by atoms with van der Waals surface area (Å²) in [5.74, 6) is 0.748. The molecule has 2 aromatic rings. The van der Waals surface area contributed by atoms with Crippen LogP contribution in [0, 0.1) is 23.1 Å². The summed E-state index contributed by atoms with van der Waals surface area (Å²) < 4.78 is 16.0. The van der Waals surface area contributed by atoms with E-state index in [9.17, 15) is 9.50 Å². The van der Waals surface area contributed by atoms with E-state index in [2.05, 4.69) is 17.1 Å². The van der Waals surface area contributed by atoms with Crippen LogP contribution in [0.3, 0.4) is 0 Å². The Labute approximate surface area is 151 Å². The fraction of sp³-hybridized carbons (Fsp3) is 0.333. The molecule has 1 N–H and O–H groups in total. The van der Waals surface area contributed by atoms with E-state index in [1.165, 1.54) is 30.5 Å². The highest BCUT2D eigenvalue weighted by Gasteiger charge is 2.28. The predicted octanol–water partition coefficient (Wildman–Crippen LogP) is 4.10. The number of benzene rings is 1. The van der Waals surface area contributed by atoms with Gasteiger partial charge in [0.1, 0.15) is 24.3 Å². The minimum atomic E-state index is -0.555. The van der Waals surface area contributed by atoms with Gasteiger partial charge in [-0.1, -0.05) is 23.8 Å². The molecule has 1 fully saturated rings. The fourth-order valence-corrected chi connectivity index (χ4v) is 3.65. The van der Waals surface area contributed by atoms with Gasteiger partial charge in [-0.2, -0.15) is 5.26 Å². The normalized spacial score (nSPS) is 16.8. The molecule has 0 aliphatic heterocycles. The number of aliphatic hydroxyl groups is 1. The zero-order valence-electron chi connectivity index (χ0n) is 14.7. The van der Waals surface area contributed by atoms with Crippen molar-refractivity contribution < 1.29 is 9.50 Å². The SMILES string of the molecule is Cn1c(CO)nc(-c2ccc(C#N)c(F)c2)c1C1=CC=C(C2CC2)CC1. The number of nitriles is 1. The van der Waals surface area contributed by atoms with Crippen LogP contribution in [0.15, 0.2) is 35.9 Å². The first-order valence-electron chi connectivity index (χ1n) is 8.89. The highest BCUT2D eigenvalue weighted by atomic mass is 19.1. The van der Waals surface area contributed by atoms with Gasteiger partial charge >= 0.3 is 0 Å². The highest BCUT2D eigenvalue weighted by Crippen LogP contribution is 2.43. The molecule has 0 spiro atoms. The number of rotatable bonds is 4. The van der Waals surface area contributed by atoms with Crippen molar-refractivity contribution in [1.29, 1.82) is 5.26 Å². The Morgan fingerprint density at radius 1 is 1.31 bits per heavy atom. The quantitative estimate of drug-likeness (QED) is 0.904. The van der Waals surface area contributed by atoms with Crippen LogP contribution in [0.4, 0.5) is 4.39 Å². The van der Waals surface area contributed by atoms with Crippen molar-refractivity contribution in [2.24, 2.45) is 13.0 Å². The molecule has 4 rings (SSSR count). The summed E-state index contributed by atoms with van der Waals surface area (Å²) in [5.41, 5.74) is 4.85. The second-order valence-electron chi connectivity index (χ2n) is 6.96. The van der Waals surface area contributed by atoms with E-state index in [1.807, 2.05) is 17.7 Å². The molecule has 0 saturated heterocycles. The van der Waals surface area contributed by atoms with Crippen LogP contribution < -0.4 is 0 Å². The summed E-state index contributed by atoms with van der Waals surface area (Å²) in [5, 5.41) is 18.6. The van der Waals surface area contributed by atoms with Crippen LogP contribution in [0.5, 0.6) is 0 Å². The van der Waals surface area contributed by atoms with Crippen LogP contribution >= 0.6 is 0 Å². The summed E-state index contributed by atoms with van der Waals surface area (Å²) in [6, 6.07) is 6.37. The van der Waals surface area contributed by atoms with Crippen molar-refractivity contribution in [3.05, 3.63) is 58.8 Å². The molecule has 0 amide bonds. The lowest BCUT2D eigenvalue weighted by Crippen LogP contribution is -2.04. The third kappa shape index (κ3) is 2.87.